The number of hydrogen-bond acceptors (Lipinski definition) is 3. The summed E-state index contributed by atoms with van der Waals surface area (Å²) in [5.74, 6) is 0.0961. The van der Waals surface area contributed by atoms with Gasteiger partial charge in [-0.1, -0.05) is 57.6 Å². The van der Waals surface area contributed by atoms with Gasteiger partial charge in [0.1, 0.15) is 0 Å². The van der Waals surface area contributed by atoms with Crippen LogP contribution < -0.4 is 0 Å². The predicted molar refractivity (Wildman–Crippen MR) is 106 cm³/mol. The van der Waals surface area contributed by atoms with E-state index in [9.17, 15) is 4.79 Å². The normalized spacial score (nSPS) is 15.7. The first-order chi connectivity index (χ1) is 10.9. The van der Waals surface area contributed by atoms with Crippen LogP contribution in [0.1, 0.15) is 48.5 Å². The maximum atomic E-state index is 11.5. The predicted octanol–water partition coefficient (Wildman–Crippen LogP) is 5.66. The summed E-state index contributed by atoms with van der Waals surface area (Å²) < 4.78 is 11.2. The molecule has 0 unspecified atom stereocenters. The second kappa shape index (κ2) is 9.99. The minimum absolute atomic E-state index is 0.237. The fraction of sp³-hybridized carbons (Fsp3) is 0.650. The van der Waals surface area contributed by atoms with Gasteiger partial charge in [0.05, 0.1) is 6.61 Å². The lowest BCUT2D eigenvalue weighted by Crippen LogP contribution is -2.41. The highest BCUT2D eigenvalue weighted by molar-refractivity contribution is 6.74. The third kappa shape index (κ3) is 8.64. The molecular weight excluding hydrogens is 316 g/mol. The van der Waals surface area contributed by atoms with E-state index in [0.29, 0.717) is 18.1 Å². The smallest absolute Gasteiger partial charge is 0.333 e. The molecule has 138 valence electrons. The molecule has 0 amide bonds. The molecule has 0 saturated carbocycles. The second-order valence-corrected chi connectivity index (χ2v) is 12.7. The van der Waals surface area contributed by atoms with Gasteiger partial charge in [-0.3, -0.25) is 0 Å². The molecule has 0 heterocycles. The summed E-state index contributed by atoms with van der Waals surface area (Å²) in [5, 5.41) is 0.237. The van der Waals surface area contributed by atoms with Crippen molar-refractivity contribution in [2.24, 2.45) is 5.92 Å². The van der Waals surface area contributed by atoms with Gasteiger partial charge >= 0.3 is 5.97 Å². The van der Waals surface area contributed by atoms with Crippen LogP contribution in [0.3, 0.4) is 0 Å². The van der Waals surface area contributed by atoms with Gasteiger partial charge in [-0.15, -0.1) is 0 Å². The van der Waals surface area contributed by atoms with Crippen LogP contribution in [0.5, 0.6) is 0 Å². The molecule has 0 aromatic carbocycles. The quantitative estimate of drug-likeness (QED) is 0.245. The zero-order chi connectivity index (χ0) is 19.0. The maximum Gasteiger partial charge on any atom is 0.333 e. The van der Waals surface area contributed by atoms with Gasteiger partial charge < -0.3 is 9.16 Å². The first kappa shape index (κ1) is 22.9. The van der Waals surface area contributed by atoms with Gasteiger partial charge in [-0.2, -0.15) is 0 Å². The average molecular weight is 353 g/mol. The van der Waals surface area contributed by atoms with Crippen LogP contribution in [0.4, 0.5) is 0 Å². The second-order valence-electron chi connectivity index (χ2n) is 7.89. The van der Waals surface area contributed by atoms with E-state index < -0.39 is 8.32 Å². The van der Waals surface area contributed by atoms with Crippen molar-refractivity contribution in [3.63, 3.8) is 0 Å². The van der Waals surface area contributed by atoms with E-state index in [-0.39, 0.29) is 11.0 Å². The molecule has 0 spiro atoms. The summed E-state index contributed by atoms with van der Waals surface area (Å²) in [6.07, 6.45) is 7.88. The Morgan fingerprint density at radius 3 is 2.29 bits per heavy atom. The molecule has 0 N–H and O–H groups in total. The number of hydrogen-bond donors (Lipinski definition) is 0. The summed E-state index contributed by atoms with van der Waals surface area (Å²) in [6.45, 7) is 20.3. The molecule has 0 saturated heterocycles. The molecular formula is C20H36O3Si. The summed E-state index contributed by atoms with van der Waals surface area (Å²) in [4.78, 5) is 11.5. The van der Waals surface area contributed by atoms with Crippen molar-refractivity contribution in [1.82, 2.24) is 0 Å². The fourth-order valence-corrected chi connectivity index (χ4v) is 2.88. The van der Waals surface area contributed by atoms with Crippen molar-refractivity contribution >= 4 is 14.3 Å². The summed E-state index contributed by atoms with van der Waals surface area (Å²) >= 11 is 0. The molecule has 3 nitrogen and oxygen atoms in total. The minimum atomic E-state index is -1.69. The van der Waals surface area contributed by atoms with Crippen molar-refractivity contribution in [2.45, 2.75) is 66.6 Å². The van der Waals surface area contributed by atoms with E-state index in [1.165, 1.54) is 0 Å². The standard InChI is InChI=1S/C20H36O3Si/c1-10-22-19(21)18(4)13-11-12-16(2)14-17(3)15-23-24(8,9)20(5,6)7/h11-14,17H,10,15H2,1-9H3/b12-11+,16-14+,18-13+/t17-/m1/s1. The average Bonchev–Trinajstić information content (AvgIpc) is 2.44. The van der Waals surface area contributed by atoms with E-state index in [1.54, 1.807) is 19.9 Å². The molecule has 0 aliphatic heterocycles. The van der Waals surface area contributed by atoms with Gasteiger partial charge in [-0.05, 0) is 44.8 Å². The van der Waals surface area contributed by atoms with E-state index in [0.717, 1.165) is 12.2 Å². The Morgan fingerprint density at radius 2 is 1.79 bits per heavy atom. The maximum absolute atomic E-state index is 11.5. The van der Waals surface area contributed by atoms with E-state index >= 15 is 0 Å². The highest BCUT2D eigenvalue weighted by atomic mass is 28.4. The van der Waals surface area contributed by atoms with Crippen molar-refractivity contribution in [1.29, 1.82) is 0 Å². The largest absolute Gasteiger partial charge is 0.463 e. The Bertz CT molecular complexity index is 494. The highest BCUT2D eigenvalue weighted by Crippen LogP contribution is 2.36. The molecule has 0 aromatic heterocycles. The summed E-state index contributed by atoms with van der Waals surface area (Å²) in [7, 11) is -1.69. The van der Waals surface area contributed by atoms with Crippen molar-refractivity contribution < 1.29 is 14.0 Å². The summed E-state index contributed by atoms with van der Waals surface area (Å²) in [5.41, 5.74) is 1.77. The molecule has 0 bridgehead atoms. The SMILES string of the molecule is CCOC(=O)/C(C)=C/C=C/C(C)=C/[C@@H](C)CO[Si](C)(C)C(C)(C)C. The number of rotatable bonds is 8. The third-order valence-corrected chi connectivity index (χ3v) is 8.86. The Balaban J connectivity index is 4.61. The Kier molecular flexibility index (Phi) is 9.52. The van der Waals surface area contributed by atoms with Crippen LogP contribution in [-0.4, -0.2) is 27.5 Å². The molecule has 0 rings (SSSR count). The number of esters is 1. The minimum Gasteiger partial charge on any atom is -0.463 e. The number of ether oxygens (including phenoxy) is 1. The molecule has 0 fully saturated rings. The number of carbonyl (C=O) groups excluding carboxylic acids is 1. The lowest BCUT2D eigenvalue weighted by molar-refractivity contribution is -0.138. The molecule has 1 atom stereocenters. The topological polar surface area (TPSA) is 35.5 Å². The van der Waals surface area contributed by atoms with E-state index in [1.807, 2.05) is 12.2 Å². The monoisotopic (exact) mass is 352 g/mol. The van der Waals surface area contributed by atoms with Crippen LogP contribution >= 0.6 is 0 Å². The first-order valence-electron chi connectivity index (χ1n) is 8.75. The Labute approximate surface area is 149 Å². The van der Waals surface area contributed by atoms with Gasteiger partial charge in [0, 0.05) is 12.2 Å². The molecule has 24 heavy (non-hydrogen) atoms. The zero-order valence-corrected chi connectivity index (χ0v) is 18.0. The van der Waals surface area contributed by atoms with Crippen molar-refractivity contribution in [3.8, 4) is 0 Å². The number of allylic oxidation sites excluding steroid dienone is 4. The highest BCUT2D eigenvalue weighted by Gasteiger charge is 2.37. The molecule has 0 aliphatic rings. The summed E-state index contributed by atoms with van der Waals surface area (Å²) in [6, 6.07) is 0. The third-order valence-electron chi connectivity index (χ3n) is 4.36. The van der Waals surface area contributed by atoms with Crippen molar-refractivity contribution in [3.05, 3.63) is 35.5 Å². The van der Waals surface area contributed by atoms with Gasteiger partial charge in [0.25, 0.3) is 0 Å². The van der Waals surface area contributed by atoms with Gasteiger partial charge in [-0.25, -0.2) is 4.79 Å². The van der Waals surface area contributed by atoms with E-state index in [4.69, 9.17) is 9.16 Å². The van der Waals surface area contributed by atoms with Crippen molar-refractivity contribution in [2.75, 3.05) is 13.2 Å². The molecule has 4 heteroatoms. The fourth-order valence-electron chi connectivity index (χ4n) is 1.77. The number of carbonyl (C=O) groups is 1. The Hall–Kier alpha value is -1.13. The van der Waals surface area contributed by atoms with Gasteiger partial charge in [0.2, 0.25) is 0 Å². The van der Waals surface area contributed by atoms with Crippen LogP contribution in [0.15, 0.2) is 35.5 Å². The van der Waals surface area contributed by atoms with Crippen LogP contribution in [0.2, 0.25) is 18.1 Å². The van der Waals surface area contributed by atoms with Crippen LogP contribution in [0.25, 0.3) is 0 Å². The zero-order valence-electron chi connectivity index (χ0n) is 17.0. The van der Waals surface area contributed by atoms with Crippen LogP contribution in [0, 0.1) is 5.92 Å². The van der Waals surface area contributed by atoms with Crippen LogP contribution in [-0.2, 0) is 14.0 Å². The molecule has 0 aromatic rings. The lowest BCUT2D eigenvalue weighted by atomic mass is 10.1. The first-order valence-corrected chi connectivity index (χ1v) is 11.7. The van der Waals surface area contributed by atoms with Gasteiger partial charge in [0.15, 0.2) is 8.32 Å². The van der Waals surface area contributed by atoms with E-state index in [2.05, 4.69) is 53.8 Å². The lowest BCUT2D eigenvalue weighted by Gasteiger charge is -2.36. The molecule has 0 radical (unpaired) electrons. The Morgan fingerprint density at radius 1 is 1.21 bits per heavy atom. The molecule has 0 aliphatic carbocycles.